The fraction of sp³-hybridized carbons (Fsp3) is 0.400. The summed E-state index contributed by atoms with van der Waals surface area (Å²) in [6.07, 6.45) is 9.62. The number of carbonyl (C=O) groups excluding carboxylic acids is 1. The van der Waals surface area contributed by atoms with Gasteiger partial charge < -0.3 is 14.2 Å². The SMILES string of the molecule is CN(Cc1cn2cc(C3CC3)cc(N3CCCC3=O)c2n1)c1cc(Cl)ncn1. The van der Waals surface area contributed by atoms with Gasteiger partial charge in [0.15, 0.2) is 5.65 Å². The normalized spacial score (nSPS) is 16.9. The number of nitrogens with zero attached hydrogens (tertiary/aromatic N) is 6. The zero-order valence-corrected chi connectivity index (χ0v) is 16.4. The topological polar surface area (TPSA) is 66.6 Å². The molecule has 0 N–H and O–H groups in total. The van der Waals surface area contributed by atoms with Gasteiger partial charge in [0.25, 0.3) is 0 Å². The van der Waals surface area contributed by atoms with Crippen LogP contribution in [0.4, 0.5) is 11.5 Å². The molecule has 1 aliphatic heterocycles. The third-order valence-electron chi connectivity index (χ3n) is 5.43. The summed E-state index contributed by atoms with van der Waals surface area (Å²) in [6, 6.07) is 3.90. The summed E-state index contributed by atoms with van der Waals surface area (Å²) < 4.78 is 2.07. The number of rotatable bonds is 5. The Morgan fingerprint density at radius 1 is 1.25 bits per heavy atom. The van der Waals surface area contributed by atoms with Gasteiger partial charge >= 0.3 is 0 Å². The number of carbonyl (C=O) groups is 1. The number of hydrogen-bond donors (Lipinski definition) is 0. The van der Waals surface area contributed by atoms with E-state index in [-0.39, 0.29) is 5.91 Å². The van der Waals surface area contributed by atoms with Gasteiger partial charge in [0, 0.05) is 38.5 Å². The Morgan fingerprint density at radius 2 is 2.11 bits per heavy atom. The van der Waals surface area contributed by atoms with Crippen molar-refractivity contribution in [3.8, 4) is 0 Å². The van der Waals surface area contributed by atoms with Gasteiger partial charge in [-0.1, -0.05) is 11.6 Å². The fourth-order valence-electron chi connectivity index (χ4n) is 3.83. The Bertz CT molecular complexity index is 1060. The van der Waals surface area contributed by atoms with Crippen LogP contribution in [0.15, 0.2) is 30.9 Å². The molecule has 0 spiro atoms. The zero-order chi connectivity index (χ0) is 19.3. The Morgan fingerprint density at radius 3 is 2.82 bits per heavy atom. The lowest BCUT2D eigenvalue weighted by Crippen LogP contribution is -2.24. The van der Waals surface area contributed by atoms with Crippen LogP contribution in [-0.2, 0) is 11.3 Å². The molecule has 0 radical (unpaired) electrons. The molecule has 0 atom stereocenters. The molecule has 0 aromatic carbocycles. The summed E-state index contributed by atoms with van der Waals surface area (Å²) in [5.74, 6) is 1.54. The largest absolute Gasteiger partial charge is 0.354 e. The van der Waals surface area contributed by atoms with Crippen molar-refractivity contribution >= 4 is 34.7 Å². The second-order valence-corrected chi connectivity index (χ2v) is 7.99. The highest BCUT2D eigenvalue weighted by Crippen LogP contribution is 2.42. The van der Waals surface area contributed by atoms with E-state index in [1.54, 1.807) is 6.07 Å². The first-order chi connectivity index (χ1) is 13.6. The van der Waals surface area contributed by atoms with Crippen LogP contribution in [0.2, 0.25) is 5.15 Å². The van der Waals surface area contributed by atoms with Crippen LogP contribution >= 0.6 is 11.6 Å². The molecule has 0 unspecified atom stereocenters. The number of anilines is 2. The van der Waals surface area contributed by atoms with Crippen molar-refractivity contribution in [3.63, 3.8) is 0 Å². The first kappa shape index (κ1) is 17.4. The number of imidazole rings is 1. The molecule has 8 heteroatoms. The van der Waals surface area contributed by atoms with Gasteiger partial charge in [-0.2, -0.15) is 0 Å². The summed E-state index contributed by atoms with van der Waals surface area (Å²) in [6.45, 7) is 1.35. The number of amides is 1. The first-order valence-corrected chi connectivity index (χ1v) is 9.97. The van der Waals surface area contributed by atoms with E-state index in [9.17, 15) is 4.79 Å². The van der Waals surface area contributed by atoms with E-state index in [1.807, 2.05) is 23.0 Å². The van der Waals surface area contributed by atoms with Crippen molar-refractivity contribution in [1.29, 1.82) is 0 Å². The van der Waals surface area contributed by atoms with Gasteiger partial charge in [-0.3, -0.25) is 4.79 Å². The van der Waals surface area contributed by atoms with Crippen molar-refractivity contribution in [3.05, 3.63) is 47.3 Å². The van der Waals surface area contributed by atoms with E-state index in [0.717, 1.165) is 35.8 Å². The highest BCUT2D eigenvalue weighted by Gasteiger charge is 2.29. The molecule has 4 heterocycles. The lowest BCUT2D eigenvalue weighted by atomic mass is 10.1. The van der Waals surface area contributed by atoms with Gasteiger partial charge in [-0.15, -0.1) is 0 Å². The van der Waals surface area contributed by atoms with Crippen molar-refractivity contribution in [2.24, 2.45) is 0 Å². The minimum atomic E-state index is 0.187. The zero-order valence-electron chi connectivity index (χ0n) is 15.7. The Balaban J connectivity index is 1.51. The molecule has 1 saturated carbocycles. The van der Waals surface area contributed by atoms with E-state index in [1.165, 1.54) is 24.7 Å². The van der Waals surface area contributed by atoms with Gasteiger partial charge in [-0.05, 0) is 36.8 Å². The Hall–Kier alpha value is -2.67. The van der Waals surface area contributed by atoms with Crippen molar-refractivity contribution in [1.82, 2.24) is 19.4 Å². The summed E-state index contributed by atoms with van der Waals surface area (Å²) in [7, 11) is 1.95. The molecule has 2 fully saturated rings. The maximum atomic E-state index is 12.4. The fourth-order valence-corrected chi connectivity index (χ4v) is 3.97. The molecular formula is C20H21ClN6O. The van der Waals surface area contributed by atoms with Gasteiger partial charge in [-0.25, -0.2) is 15.0 Å². The molecule has 1 aliphatic carbocycles. The predicted octanol–water partition coefficient (Wildman–Crippen LogP) is 3.42. The second-order valence-electron chi connectivity index (χ2n) is 7.60. The first-order valence-electron chi connectivity index (χ1n) is 9.59. The number of fused-ring (bicyclic) bond motifs is 1. The molecule has 1 saturated heterocycles. The molecule has 2 aliphatic rings. The van der Waals surface area contributed by atoms with Crippen molar-refractivity contribution in [2.75, 3.05) is 23.4 Å². The maximum Gasteiger partial charge on any atom is 0.227 e. The molecule has 3 aromatic heterocycles. The van der Waals surface area contributed by atoms with E-state index in [0.29, 0.717) is 24.0 Å². The maximum absolute atomic E-state index is 12.4. The number of halogens is 1. The van der Waals surface area contributed by atoms with Crippen LogP contribution < -0.4 is 9.80 Å². The van der Waals surface area contributed by atoms with Crippen LogP contribution in [-0.4, -0.2) is 38.9 Å². The predicted molar refractivity (Wildman–Crippen MR) is 108 cm³/mol. The second kappa shape index (κ2) is 6.74. The minimum Gasteiger partial charge on any atom is -0.354 e. The van der Waals surface area contributed by atoms with Crippen molar-refractivity contribution < 1.29 is 4.79 Å². The van der Waals surface area contributed by atoms with Crippen LogP contribution in [0, 0.1) is 0 Å². The number of pyridine rings is 1. The molecule has 0 bridgehead atoms. The average Bonchev–Trinajstić information content (AvgIpc) is 3.32. The number of hydrogen-bond acceptors (Lipinski definition) is 5. The standard InChI is InChI=1S/C20H21ClN6O/c1-25(18-8-17(21)22-12-23-18)10-15-11-26-9-14(13-4-5-13)7-16(20(26)24-15)27-6-2-3-19(27)28/h7-9,11-13H,2-6,10H2,1H3. The Labute approximate surface area is 168 Å². The lowest BCUT2D eigenvalue weighted by Gasteiger charge is -2.18. The summed E-state index contributed by atoms with van der Waals surface area (Å²) in [5, 5.41) is 0.413. The quantitative estimate of drug-likeness (QED) is 0.618. The molecule has 28 heavy (non-hydrogen) atoms. The summed E-state index contributed by atoms with van der Waals surface area (Å²) >= 11 is 5.98. The third kappa shape index (κ3) is 3.20. The van der Waals surface area contributed by atoms with E-state index < -0.39 is 0 Å². The molecule has 5 rings (SSSR count). The third-order valence-corrected chi connectivity index (χ3v) is 5.63. The van der Waals surface area contributed by atoms with E-state index in [2.05, 4.69) is 26.6 Å². The number of aromatic nitrogens is 4. The van der Waals surface area contributed by atoms with Gasteiger partial charge in [0.1, 0.15) is 17.3 Å². The van der Waals surface area contributed by atoms with Crippen LogP contribution in [0.25, 0.3) is 5.65 Å². The lowest BCUT2D eigenvalue weighted by molar-refractivity contribution is -0.117. The average molecular weight is 397 g/mol. The smallest absolute Gasteiger partial charge is 0.227 e. The molecule has 7 nitrogen and oxygen atoms in total. The highest BCUT2D eigenvalue weighted by molar-refractivity contribution is 6.29. The molecule has 1 amide bonds. The van der Waals surface area contributed by atoms with Crippen molar-refractivity contribution in [2.45, 2.75) is 38.1 Å². The molecular weight excluding hydrogens is 376 g/mol. The van der Waals surface area contributed by atoms with Crippen LogP contribution in [0.5, 0.6) is 0 Å². The van der Waals surface area contributed by atoms with Gasteiger partial charge in [0.2, 0.25) is 5.91 Å². The Kier molecular flexibility index (Phi) is 4.19. The molecule has 3 aromatic rings. The summed E-state index contributed by atoms with van der Waals surface area (Å²) in [5.41, 5.74) is 3.98. The van der Waals surface area contributed by atoms with Crippen LogP contribution in [0.1, 0.15) is 42.9 Å². The monoisotopic (exact) mass is 396 g/mol. The van der Waals surface area contributed by atoms with E-state index in [4.69, 9.17) is 16.6 Å². The van der Waals surface area contributed by atoms with E-state index >= 15 is 0 Å². The highest BCUT2D eigenvalue weighted by atomic mass is 35.5. The molecule has 144 valence electrons. The van der Waals surface area contributed by atoms with Crippen LogP contribution in [0.3, 0.4) is 0 Å². The van der Waals surface area contributed by atoms with Gasteiger partial charge in [0.05, 0.1) is 17.9 Å². The minimum absolute atomic E-state index is 0.187. The summed E-state index contributed by atoms with van der Waals surface area (Å²) in [4.78, 5) is 29.3.